The number of nitrogens with zero attached hydrogens (tertiary/aromatic N) is 3. The molecule has 0 atom stereocenters. The van der Waals surface area contributed by atoms with E-state index in [0.717, 1.165) is 18.7 Å². The van der Waals surface area contributed by atoms with Crippen molar-refractivity contribution in [2.45, 2.75) is 39.2 Å². The van der Waals surface area contributed by atoms with Crippen LogP contribution in [0.4, 0.5) is 0 Å². The summed E-state index contributed by atoms with van der Waals surface area (Å²) >= 11 is 5.58. The Kier molecular flexibility index (Phi) is 4.83. The maximum absolute atomic E-state index is 5.58. The lowest BCUT2D eigenvalue weighted by Crippen LogP contribution is -1.98. The molecule has 1 aromatic rings. The highest BCUT2D eigenvalue weighted by atomic mass is 35.5. The van der Waals surface area contributed by atoms with Gasteiger partial charge >= 0.3 is 0 Å². The molecule has 0 aromatic carbocycles. The van der Waals surface area contributed by atoms with Crippen LogP contribution in [0.25, 0.3) is 0 Å². The fourth-order valence-corrected chi connectivity index (χ4v) is 1.38. The van der Waals surface area contributed by atoms with E-state index in [4.69, 9.17) is 11.6 Å². The molecule has 0 spiro atoms. The van der Waals surface area contributed by atoms with Crippen LogP contribution in [0.1, 0.15) is 31.9 Å². The Labute approximate surface area is 84.1 Å². The van der Waals surface area contributed by atoms with Crippen molar-refractivity contribution in [1.82, 2.24) is 15.0 Å². The van der Waals surface area contributed by atoms with E-state index < -0.39 is 0 Å². The highest BCUT2D eigenvalue weighted by Crippen LogP contribution is 2.02. The Morgan fingerprint density at radius 1 is 1.46 bits per heavy atom. The highest BCUT2D eigenvalue weighted by molar-refractivity contribution is 6.17. The third kappa shape index (κ3) is 3.77. The number of alkyl halides is 1. The van der Waals surface area contributed by atoms with Gasteiger partial charge < -0.3 is 0 Å². The molecule has 0 fully saturated rings. The van der Waals surface area contributed by atoms with Crippen LogP contribution in [0.5, 0.6) is 0 Å². The second-order valence-electron chi connectivity index (χ2n) is 3.12. The molecule has 74 valence electrons. The van der Waals surface area contributed by atoms with Gasteiger partial charge in [-0.3, -0.25) is 4.68 Å². The maximum atomic E-state index is 5.58. The summed E-state index contributed by atoms with van der Waals surface area (Å²) in [6, 6.07) is 0. The summed E-state index contributed by atoms with van der Waals surface area (Å²) in [6.45, 7) is 2.95. The van der Waals surface area contributed by atoms with Gasteiger partial charge in [0.05, 0.1) is 12.2 Å². The number of hydrogen-bond acceptors (Lipinski definition) is 2. The predicted octanol–water partition coefficient (Wildman–Crippen LogP) is 2.25. The van der Waals surface area contributed by atoms with Crippen LogP contribution in [0.3, 0.4) is 0 Å². The zero-order chi connectivity index (χ0) is 9.52. The minimum Gasteiger partial charge on any atom is -0.251 e. The first-order valence-electron chi connectivity index (χ1n) is 4.81. The average Bonchev–Trinajstić information content (AvgIpc) is 2.54. The predicted molar refractivity (Wildman–Crippen MR) is 54.0 cm³/mol. The van der Waals surface area contributed by atoms with Crippen LogP contribution in [-0.2, 0) is 13.0 Å². The Hall–Kier alpha value is -0.570. The SMILES string of the molecule is CCCCCc1cn(CCCl)nn1. The largest absolute Gasteiger partial charge is 0.251 e. The van der Waals surface area contributed by atoms with Crippen LogP contribution in [0.15, 0.2) is 6.20 Å². The third-order valence-electron chi connectivity index (χ3n) is 1.94. The summed E-state index contributed by atoms with van der Waals surface area (Å²) in [5.41, 5.74) is 1.08. The molecule has 0 aliphatic heterocycles. The summed E-state index contributed by atoms with van der Waals surface area (Å²) in [5, 5.41) is 8.03. The molecule has 0 aliphatic rings. The molecule has 1 aromatic heterocycles. The number of rotatable bonds is 6. The first kappa shape index (κ1) is 10.5. The average molecular weight is 202 g/mol. The van der Waals surface area contributed by atoms with Crippen LogP contribution in [-0.4, -0.2) is 20.9 Å². The monoisotopic (exact) mass is 201 g/mol. The van der Waals surface area contributed by atoms with Crippen LogP contribution < -0.4 is 0 Å². The Morgan fingerprint density at radius 3 is 3.00 bits per heavy atom. The van der Waals surface area contributed by atoms with Crippen molar-refractivity contribution < 1.29 is 0 Å². The number of aromatic nitrogens is 3. The zero-order valence-electron chi connectivity index (χ0n) is 8.04. The fraction of sp³-hybridized carbons (Fsp3) is 0.778. The van der Waals surface area contributed by atoms with Gasteiger partial charge in [-0.15, -0.1) is 16.7 Å². The molecule has 3 nitrogen and oxygen atoms in total. The molecule has 0 aliphatic carbocycles. The van der Waals surface area contributed by atoms with Crippen LogP contribution in [0, 0.1) is 0 Å². The summed E-state index contributed by atoms with van der Waals surface area (Å²) < 4.78 is 1.80. The van der Waals surface area contributed by atoms with E-state index >= 15 is 0 Å². The van der Waals surface area contributed by atoms with Crippen molar-refractivity contribution in [3.8, 4) is 0 Å². The van der Waals surface area contributed by atoms with Gasteiger partial charge in [0.2, 0.25) is 0 Å². The molecule has 0 saturated heterocycles. The molecule has 0 radical (unpaired) electrons. The fourth-order valence-electron chi connectivity index (χ4n) is 1.21. The van der Waals surface area contributed by atoms with Crippen LogP contribution >= 0.6 is 11.6 Å². The van der Waals surface area contributed by atoms with Gasteiger partial charge in [-0.1, -0.05) is 25.0 Å². The van der Waals surface area contributed by atoms with E-state index in [2.05, 4.69) is 17.2 Å². The third-order valence-corrected chi connectivity index (χ3v) is 2.11. The highest BCUT2D eigenvalue weighted by Gasteiger charge is 1.99. The first-order valence-corrected chi connectivity index (χ1v) is 5.35. The van der Waals surface area contributed by atoms with Crippen molar-refractivity contribution in [2.75, 3.05) is 5.88 Å². The van der Waals surface area contributed by atoms with Crippen molar-refractivity contribution in [3.05, 3.63) is 11.9 Å². The van der Waals surface area contributed by atoms with E-state index in [0.29, 0.717) is 5.88 Å². The summed E-state index contributed by atoms with van der Waals surface area (Å²) in [4.78, 5) is 0. The minimum atomic E-state index is 0.595. The number of unbranched alkanes of at least 4 members (excludes halogenated alkanes) is 2. The van der Waals surface area contributed by atoms with E-state index in [1.807, 2.05) is 6.20 Å². The Bertz CT molecular complexity index is 235. The summed E-state index contributed by atoms with van der Waals surface area (Å²) in [7, 11) is 0. The van der Waals surface area contributed by atoms with E-state index in [-0.39, 0.29) is 0 Å². The minimum absolute atomic E-state index is 0.595. The second kappa shape index (κ2) is 5.97. The molecule has 0 unspecified atom stereocenters. The van der Waals surface area contributed by atoms with Gasteiger partial charge in [-0.2, -0.15) is 0 Å². The van der Waals surface area contributed by atoms with Crippen molar-refractivity contribution in [1.29, 1.82) is 0 Å². The second-order valence-corrected chi connectivity index (χ2v) is 3.50. The molecule has 0 N–H and O–H groups in total. The molecule has 4 heteroatoms. The van der Waals surface area contributed by atoms with Gasteiger partial charge in [-0.05, 0) is 12.8 Å². The lowest BCUT2D eigenvalue weighted by Gasteiger charge is -1.93. The normalized spacial score (nSPS) is 10.6. The van der Waals surface area contributed by atoms with Crippen molar-refractivity contribution in [2.24, 2.45) is 0 Å². The quantitative estimate of drug-likeness (QED) is 0.522. The van der Waals surface area contributed by atoms with Crippen molar-refractivity contribution in [3.63, 3.8) is 0 Å². The van der Waals surface area contributed by atoms with Gasteiger partial charge in [0.1, 0.15) is 0 Å². The van der Waals surface area contributed by atoms with Gasteiger partial charge in [0.25, 0.3) is 0 Å². The van der Waals surface area contributed by atoms with E-state index in [1.165, 1.54) is 19.3 Å². The van der Waals surface area contributed by atoms with E-state index in [9.17, 15) is 0 Å². The maximum Gasteiger partial charge on any atom is 0.0827 e. The Balaban J connectivity index is 2.31. The number of aryl methyl sites for hydroxylation is 2. The lowest BCUT2D eigenvalue weighted by atomic mass is 10.2. The molecular weight excluding hydrogens is 186 g/mol. The molecule has 0 amide bonds. The van der Waals surface area contributed by atoms with Gasteiger partial charge in [0, 0.05) is 12.1 Å². The van der Waals surface area contributed by atoms with E-state index in [1.54, 1.807) is 4.68 Å². The number of hydrogen-bond donors (Lipinski definition) is 0. The summed E-state index contributed by atoms with van der Waals surface area (Å²) in [6.07, 6.45) is 6.74. The molecular formula is C9H16ClN3. The smallest absolute Gasteiger partial charge is 0.0827 e. The zero-order valence-corrected chi connectivity index (χ0v) is 8.80. The topological polar surface area (TPSA) is 30.7 Å². The molecule has 13 heavy (non-hydrogen) atoms. The van der Waals surface area contributed by atoms with Gasteiger partial charge in [-0.25, -0.2) is 0 Å². The molecule has 0 saturated carbocycles. The Morgan fingerprint density at radius 2 is 2.31 bits per heavy atom. The molecule has 0 bridgehead atoms. The molecule has 1 heterocycles. The molecule has 1 rings (SSSR count). The first-order chi connectivity index (χ1) is 6.36. The van der Waals surface area contributed by atoms with Crippen molar-refractivity contribution >= 4 is 11.6 Å². The lowest BCUT2D eigenvalue weighted by molar-refractivity contribution is 0.629. The number of halogens is 1. The standard InChI is InChI=1S/C9H16ClN3/c1-2-3-4-5-9-8-13(7-6-10)12-11-9/h8H,2-7H2,1H3. The van der Waals surface area contributed by atoms with Crippen LogP contribution in [0.2, 0.25) is 0 Å². The van der Waals surface area contributed by atoms with Gasteiger partial charge in [0.15, 0.2) is 0 Å². The summed E-state index contributed by atoms with van der Waals surface area (Å²) in [5.74, 6) is 0.595.